The maximum Gasteiger partial charge on any atom is 0.193 e. The van der Waals surface area contributed by atoms with Crippen LogP contribution in [0.3, 0.4) is 0 Å². The number of guanidine groups is 1. The Labute approximate surface area is 178 Å². The molecule has 3 N–H and O–H groups in total. The molecule has 0 saturated carbocycles. The number of nitrogens with one attached hydrogen (secondary N) is 1. The lowest BCUT2D eigenvalue weighted by Gasteiger charge is -2.14. The van der Waals surface area contributed by atoms with Crippen molar-refractivity contribution in [1.29, 1.82) is 0 Å². The second kappa shape index (κ2) is 11.0. The van der Waals surface area contributed by atoms with E-state index in [1.807, 2.05) is 50.7 Å². The molecule has 1 aromatic carbocycles. The first-order chi connectivity index (χ1) is 12.5. The Morgan fingerprint density at radius 2 is 1.93 bits per heavy atom. The molecule has 0 spiro atoms. The molecule has 0 aliphatic rings. The van der Waals surface area contributed by atoms with E-state index in [9.17, 15) is 0 Å². The summed E-state index contributed by atoms with van der Waals surface area (Å²) >= 11 is 0. The number of anilines is 1. The van der Waals surface area contributed by atoms with Gasteiger partial charge in [0.2, 0.25) is 0 Å². The van der Waals surface area contributed by atoms with Gasteiger partial charge < -0.3 is 20.5 Å². The van der Waals surface area contributed by atoms with Gasteiger partial charge in [-0.3, -0.25) is 9.67 Å². The van der Waals surface area contributed by atoms with Crippen molar-refractivity contribution in [3.05, 3.63) is 35.2 Å². The topological polar surface area (TPSA) is 86.7 Å². The molecule has 0 amide bonds. The van der Waals surface area contributed by atoms with Gasteiger partial charge in [0.05, 0.1) is 24.6 Å². The van der Waals surface area contributed by atoms with Gasteiger partial charge in [0.1, 0.15) is 11.5 Å². The first-order valence-electron chi connectivity index (χ1n) is 8.91. The van der Waals surface area contributed by atoms with Crippen LogP contribution < -0.4 is 20.5 Å². The van der Waals surface area contributed by atoms with Crippen molar-refractivity contribution in [3.63, 3.8) is 0 Å². The number of nitrogens with zero attached hydrogens (tertiary/aromatic N) is 3. The maximum atomic E-state index is 6.06. The lowest BCUT2D eigenvalue weighted by molar-refractivity contribution is 0.332. The molecule has 0 saturated heterocycles. The highest BCUT2D eigenvalue weighted by molar-refractivity contribution is 14.0. The van der Waals surface area contributed by atoms with E-state index in [4.69, 9.17) is 15.2 Å². The van der Waals surface area contributed by atoms with Crippen LogP contribution in [-0.4, -0.2) is 35.5 Å². The predicted molar refractivity (Wildman–Crippen MR) is 121 cm³/mol. The first kappa shape index (κ1) is 23.1. The zero-order valence-corrected chi connectivity index (χ0v) is 19.0. The number of aryl methyl sites for hydroxylation is 2. The normalized spacial score (nSPS) is 11.1. The number of hydrogen-bond acceptors (Lipinski definition) is 4. The molecule has 0 radical (unpaired) electrons. The van der Waals surface area contributed by atoms with Crippen molar-refractivity contribution in [2.45, 2.75) is 34.1 Å². The van der Waals surface area contributed by atoms with Gasteiger partial charge in [-0.2, -0.15) is 5.10 Å². The number of rotatable bonds is 8. The van der Waals surface area contributed by atoms with E-state index in [0.29, 0.717) is 31.5 Å². The van der Waals surface area contributed by atoms with Crippen LogP contribution in [0.2, 0.25) is 0 Å². The third kappa shape index (κ3) is 6.30. The maximum absolute atomic E-state index is 6.06. The highest BCUT2D eigenvalue weighted by Gasteiger charge is 2.09. The average Bonchev–Trinajstić information content (AvgIpc) is 2.83. The highest BCUT2D eigenvalue weighted by atomic mass is 127. The Morgan fingerprint density at radius 3 is 2.52 bits per heavy atom. The van der Waals surface area contributed by atoms with E-state index >= 15 is 0 Å². The van der Waals surface area contributed by atoms with Gasteiger partial charge in [0.15, 0.2) is 5.96 Å². The molecule has 0 aliphatic carbocycles. The lowest BCUT2D eigenvalue weighted by Crippen LogP contribution is -2.23. The van der Waals surface area contributed by atoms with E-state index in [2.05, 4.69) is 22.3 Å². The molecule has 1 aromatic heterocycles. The number of aromatic nitrogens is 2. The molecule has 1 heterocycles. The van der Waals surface area contributed by atoms with Crippen molar-refractivity contribution in [2.24, 2.45) is 17.8 Å². The average molecular weight is 487 g/mol. The van der Waals surface area contributed by atoms with Gasteiger partial charge in [0, 0.05) is 25.4 Å². The molecule has 0 aliphatic heterocycles. The van der Waals surface area contributed by atoms with Crippen LogP contribution in [0.4, 0.5) is 5.69 Å². The summed E-state index contributed by atoms with van der Waals surface area (Å²) in [5, 5.41) is 7.54. The van der Waals surface area contributed by atoms with Crippen LogP contribution in [0.25, 0.3) is 0 Å². The molecule has 0 fully saturated rings. The molecule has 0 bridgehead atoms. The fourth-order valence-electron chi connectivity index (χ4n) is 2.79. The van der Waals surface area contributed by atoms with Crippen LogP contribution in [0.15, 0.2) is 23.2 Å². The Balaban J connectivity index is 0.00000364. The summed E-state index contributed by atoms with van der Waals surface area (Å²) in [7, 11) is 1.95. The molecule has 27 heavy (non-hydrogen) atoms. The number of benzene rings is 1. The summed E-state index contributed by atoms with van der Waals surface area (Å²) in [6, 6.07) is 5.61. The molecule has 0 unspecified atom stereocenters. The SMILES string of the molecule is CCOc1ccc(OCC)c(NC(N)=NCCc2c(C)nn(C)c2C)c1.I. The van der Waals surface area contributed by atoms with Crippen molar-refractivity contribution >= 4 is 35.6 Å². The van der Waals surface area contributed by atoms with E-state index in [0.717, 1.165) is 29.2 Å². The fraction of sp³-hybridized carbons (Fsp3) is 0.474. The van der Waals surface area contributed by atoms with E-state index in [1.54, 1.807) is 0 Å². The van der Waals surface area contributed by atoms with Crippen LogP contribution in [0.5, 0.6) is 11.5 Å². The minimum atomic E-state index is 0. The second-order valence-electron chi connectivity index (χ2n) is 5.94. The van der Waals surface area contributed by atoms with Crippen LogP contribution in [0.1, 0.15) is 30.8 Å². The molecule has 8 heteroatoms. The van der Waals surface area contributed by atoms with Gasteiger partial charge in [-0.05, 0) is 51.8 Å². The van der Waals surface area contributed by atoms with Crippen molar-refractivity contribution < 1.29 is 9.47 Å². The summed E-state index contributed by atoms with van der Waals surface area (Å²) < 4.78 is 13.1. The second-order valence-corrected chi connectivity index (χ2v) is 5.94. The van der Waals surface area contributed by atoms with E-state index < -0.39 is 0 Å². The fourth-order valence-corrected chi connectivity index (χ4v) is 2.79. The van der Waals surface area contributed by atoms with E-state index in [1.165, 1.54) is 5.56 Å². The Kier molecular flexibility index (Phi) is 9.40. The summed E-state index contributed by atoms with van der Waals surface area (Å²) in [4.78, 5) is 4.43. The molecule has 7 nitrogen and oxygen atoms in total. The van der Waals surface area contributed by atoms with Gasteiger partial charge in [-0.15, -0.1) is 24.0 Å². The smallest absolute Gasteiger partial charge is 0.193 e. The lowest BCUT2D eigenvalue weighted by atomic mass is 10.1. The van der Waals surface area contributed by atoms with Crippen molar-refractivity contribution in [1.82, 2.24) is 9.78 Å². The Hall–Kier alpha value is -1.97. The zero-order valence-electron chi connectivity index (χ0n) is 16.7. The molecule has 2 aromatic rings. The van der Waals surface area contributed by atoms with Crippen LogP contribution in [-0.2, 0) is 13.5 Å². The standard InChI is InChI=1S/C19H29N5O2.HI/c1-6-25-15-8-9-18(26-7-2)17(12-15)22-19(20)21-11-10-16-13(3)23-24(5)14(16)4;/h8-9,12H,6-7,10-11H2,1-5H3,(H3,20,21,22);1H. The van der Waals surface area contributed by atoms with Crippen LogP contribution >= 0.6 is 24.0 Å². The number of ether oxygens (including phenoxy) is 2. The summed E-state index contributed by atoms with van der Waals surface area (Å²) in [6.07, 6.45) is 0.797. The largest absolute Gasteiger partial charge is 0.494 e. The van der Waals surface area contributed by atoms with Gasteiger partial charge >= 0.3 is 0 Å². The number of nitrogens with two attached hydrogens (primary N) is 1. The number of hydrogen-bond donors (Lipinski definition) is 2. The number of halogens is 1. The van der Waals surface area contributed by atoms with Gasteiger partial charge in [0.25, 0.3) is 0 Å². The summed E-state index contributed by atoms with van der Waals surface area (Å²) in [6.45, 7) is 9.72. The molecule has 2 rings (SSSR count). The van der Waals surface area contributed by atoms with Crippen molar-refractivity contribution in [3.8, 4) is 11.5 Å². The Morgan fingerprint density at radius 1 is 1.22 bits per heavy atom. The third-order valence-electron chi connectivity index (χ3n) is 4.13. The van der Waals surface area contributed by atoms with Crippen LogP contribution in [0, 0.1) is 13.8 Å². The molecular weight excluding hydrogens is 457 g/mol. The highest BCUT2D eigenvalue weighted by Crippen LogP contribution is 2.29. The first-order valence-corrected chi connectivity index (χ1v) is 8.91. The van der Waals surface area contributed by atoms with Gasteiger partial charge in [-0.1, -0.05) is 0 Å². The monoisotopic (exact) mass is 487 g/mol. The molecular formula is C19H30IN5O2. The Bertz CT molecular complexity index is 774. The van der Waals surface area contributed by atoms with Crippen molar-refractivity contribution in [2.75, 3.05) is 25.1 Å². The van der Waals surface area contributed by atoms with E-state index in [-0.39, 0.29) is 24.0 Å². The molecule has 0 atom stereocenters. The number of aliphatic imine (C=N–C) groups is 1. The molecule has 150 valence electrons. The summed E-state index contributed by atoms with van der Waals surface area (Å²) in [5.41, 5.74) is 10.2. The van der Waals surface area contributed by atoms with Gasteiger partial charge in [-0.25, -0.2) is 0 Å². The zero-order chi connectivity index (χ0) is 19.1. The summed E-state index contributed by atoms with van der Waals surface area (Å²) in [5.74, 6) is 1.82. The minimum Gasteiger partial charge on any atom is -0.494 e. The minimum absolute atomic E-state index is 0. The predicted octanol–water partition coefficient (Wildman–Crippen LogP) is 3.42. The quantitative estimate of drug-likeness (QED) is 0.339. The third-order valence-corrected chi connectivity index (χ3v) is 4.13.